The maximum Gasteiger partial charge on any atom is 0.344 e. The van der Waals surface area contributed by atoms with Gasteiger partial charge in [-0.05, 0) is 12.1 Å². The van der Waals surface area contributed by atoms with E-state index in [2.05, 4.69) is 10.3 Å². The Hall–Kier alpha value is -3.39. The number of nitrogens with zero attached hydrogens (tertiary/aromatic N) is 1. The number of aromatic nitrogens is 1. The van der Waals surface area contributed by atoms with Crippen LogP contribution < -0.4 is 14.8 Å². The standard InChI is InChI=1S/C20H18N2O5S/c1-25-16-9-5-6-10-17(16)26-12-19(24)27-11-18(23)22-20-21-15(13-28-20)14-7-3-2-4-8-14/h2-10,13H,11-12H2,1H3,(H,21,22,23). The highest BCUT2D eigenvalue weighted by Gasteiger charge is 2.12. The molecule has 1 N–H and O–H groups in total. The van der Waals surface area contributed by atoms with Gasteiger partial charge in [0.05, 0.1) is 12.8 Å². The molecule has 0 unspecified atom stereocenters. The Morgan fingerprint density at radius 3 is 2.46 bits per heavy atom. The summed E-state index contributed by atoms with van der Waals surface area (Å²) in [6, 6.07) is 16.6. The van der Waals surface area contributed by atoms with Crippen molar-refractivity contribution in [1.29, 1.82) is 0 Å². The summed E-state index contributed by atoms with van der Waals surface area (Å²) in [5.41, 5.74) is 1.72. The summed E-state index contributed by atoms with van der Waals surface area (Å²) < 4.78 is 15.4. The largest absolute Gasteiger partial charge is 0.493 e. The van der Waals surface area contributed by atoms with E-state index < -0.39 is 18.5 Å². The first-order chi connectivity index (χ1) is 13.7. The van der Waals surface area contributed by atoms with E-state index in [9.17, 15) is 9.59 Å². The van der Waals surface area contributed by atoms with Crippen molar-refractivity contribution in [2.75, 3.05) is 25.6 Å². The Labute approximate surface area is 165 Å². The number of carbonyl (C=O) groups excluding carboxylic acids is 2. The van der Waals surface area contributed by atoms with Crippen LogP contribution in [0.5, 0.6) is 11.5 Å². The number of anilines is 1. The molecule has 144 valence electrons. The topological polar surface area (TPSA) is 86.8 Å². The summed E-state index contributed by atoms with van der Waals surface area (Å²) in [5.74, 6) is -0.210. The van der Waals surface area contributed by atoms with E-state index >= 15 is 0 Å². The monoisotopic (exact) mass is 398 g/mol. The van der Waals surface area contributed by atoms with E-state index in [-0.39, 0.29) is 6.61 Å². The Balaban J connectivity index is 1.44. The fraction of sp³-hybridized carbons (Fsp3) is 0.150. The van der Waals surface area contributed by atoms with Gasteiger partial charge >= 0.3 is 5.97 Å². The average Bonchev–Trinajstić information content (AvgIpc) is 3.20. The number of nitrogens with one attached hydrogen (secondary N) is 1. The number of carbonyl (C=O) groups is 2. The lowest BCUT2D eigenvalue weighted by atomic mass is 10.2. The predicted molar refractivity (Wildman–Crippen MR) is 106 cm³/mol. The van der Waals surface area contributed by atoms with E-state index in [1.807, 2.05) is 35.7 Å². The van der Waals surface area contributed by atoms with Crippen molar-refractivity contribution < 1.29 is 23.8 Å². The molecule has 1 aromatic heterocycles. The second kappa shape index (κ2) is 9.52. The summed E-state index contributed by atoms with van der Waals surface area (Å²) in [4.78, 5) is 28.1. The molecular formula is C20H18N2O5S. The number of para-hydroxylation sites is 2. The van der Waals surface area contributed by atoms with Crippen LogP contribution in [-0.2, 0) is 14.3 Å². The van der Waals surface area contributed by atoms with Crippen molar-refractivity contribution in [3.63, 3.8) is 0 Å². The summed E-state index contributed by atoms with van der Waals surface area (Å²) in [6.07, 6.45) is 0. The molecule has 0 aliphatic rings. The minimum atomic E-state index is -0.662. The van der Waals surface area contributed by atoms with Crippen LogP contribution in [-0.4, -0.2) is 37.2 Å². The minimum absolute atomic E-state index is 0.330. The van der Waals surface area contributed by atoms with Gasteiger partial charge in [-0.25, -0.2) is 9.78 Å². The first-order valence-electron chi connectivity index (χ1n) is 8.38. The van der Waals surface area contributed by atoms with Crippen molar-refractivity contribution >= 4 is 28.3 Å². The van der Waals surface area contributed by atoms with E-state index in [1.165, 1.54) is 18.4 Å². The minimum Gasteiger partial charge on any atom is -0.493 e. The zero-order chi connectivity index (χ0) is 19.8. The van der Waals surface area contributed by atoms with Gasteiger partial charge in [-0.3, -0.25) is 10.1 Å². The highest BCUT2D eigenvalue weighted by Crippen LogP contribution is 2.26. The van der Waals surface area contributed by atoms with Crippen LogP contribution in [0.1, 0.15) is 0 Å². The molecule has 0 aliphatic heterocycles. The number of benzene rings is 2. The smallest absolute Gasteiger partial charge is 0.344 e. The van der Waals surface area contributed by atoms with Gasteiger partial charge in [0.2, 0.25) is 0 Å². The fourth-order valence-corrected chi connectivity index (χ4v) is 3.03. The number of hydrogen-bond donors (Lipinski definition) is 1. The third kappa shape index (κ3) is 5.31. The van der Waals surface area contributed by atoms with Gasteiger partial charge in [0.25, 0.3) is 5.91 Å². The molecule has 0 radical (unpaired) electrons. The third-order valence-corrected chi connectivity index (χ3v) is 4.36. The van der Waals surface area contributed by atoms with Crippen LogP contribution in [0.25, 0.3) is 11.3 Å². The highest BCUT2D eigenvalue weighted by molar-refractivity contribution is 7.14. The Morgan fingerprint density at radius 2 is 1.71 bits per heavy atom. The van der Waals surface area contributed by atoms with Gasteiger partial charge < -0.3 is 14.2 Å². The number of ether oxygens (including phenoxy) is 3. The Kier molecular flexibility index (Phi) is 6.59. The van der Waals surface area contributed by atoms with E-state index in [4.69, 9.17) is 14.2 Å². The van der Waals surface area contributed by atoms with Crippen LogP contribution >= 0.6 is 11.3 Å². The maximum atomic E-state index is 12.0. The molecule has 0 fully saturated rings. The van der Waals surface area contributed by atoms with Gasteiger partial charge in [0.1, 0.15) is 0 Å². The Bertz CT molecular complexity index is 943. The zero-order valence-electron chi connectivity index (χ0n) is 15.1. The summed E-state index contributed by atoms with van der Waals surface area (Å²) in [7, 11) is 1.51. The zero-order valence-corrected chi connectivity index (χ0v) is 15.9. The molecule has 0 atom stereocenters. The van der Waals surface area contributed by atoms with Crippen LogP contribution in [0.3, 0.4) is 0 Å². The van der Waals surface area contributed by atoms with E-state index in [0.29, 0.717) is 16.6 Å². The molecule has 0 saturated heterocycles. The molecule has 0 saturated carbocycles. The van der Waals surface area contributed by atoms with Crippen molar-refractivity contribution in [2.24, 2.45) is 0 Å². The number of thiazole rings is 1. The summed E-state index contributed by atoms with van der Waals surface area (Å²) >= 11 is 1.30. The average molecular weight is 398 g/mol. The fourth-order valence-electron chi connectivity index (χ4n) is 2.29. The summed E-state index contributed by atoms with van der Waals surface area (Å²) in [5, 5.41) is 4.89. The van der Waals surface area contributed by atoms with Crippen molar-refractivity contribution in [3.8, 4) is 22.8 Å². The van der Waals surface area contributed by atoms with Gasteiger partial charge in [-0.1, -0.05) is 42.5 Å². The molecule has 0 spiro atoms. The lowest BCUT2D eigenvalue weighted by Gasteiger charge is -2.09. The number of rotatable bonds is 8. The molecule has 0 bridgehead atoms. The molecule has 2 aromatic carbocycles. The van der Waals surface area contributed by atoms with Gasteiger partial charge in [0.15, 0.2) is 29.8 Å². The molecular weight excluding hydrogens is 380 g/mol. The van der Waals surface area contributed by atoms with Crippen molar-refractivity contribution in [1.82, 2.24) is 4.98 Å². The molecule has 1 heterocycles. The van der Waals surface area contributed by atoms with Crippen LogP contribution in [0.2, 0.25) is 0 Å². The molecule has 28 heavy (non-hydrogen) atoms. The lowest BCUT2D eigenvalue weighted by Crippen LogP contribution is -2.23. The normalized spacial score (nSPS) is 10.2. The molecule has 1 amide bonds. The van der Waals surface area contributed by atoms with E-state index in [0.717, 1.165) is 11.3 Å². The van der Waals surface area contributed by atoms with Crippen LogP contribution in [0.15, 0.2) is 60.0 Å². The number of methoxy groups -OCH3 is 1. The maximum absolute atomic E-state index is 12.0. The molecule has 8 heteroatoms. The van der Waals surface area contributed by atoms with Gasteiger partial charge in [0, 0.05) is 10.9 Å². The number of esters is 1. The van der Waals surface area contributed by atoms with Crippen molar-refractivity contribution in [2.45, 2.75) is 0 Å². The van der Waals surface area contributed by atoms with Gasteiger partial charge in [-0.15, -0.1) is 11.3 Å². The van der Waals surface area contributed by atoms with Gasteiger partial charge in [-0.2, -0.15) is 0 Å². The number of amides is 1. The van der Waals surface area contributed by atoms with Crippen molar-refractivity contribution in [3.05, 3.63) is 60.0 Å². The Morgan fingerprint density at radius 1 is 1.00 bits per heavy atom. The predicted octanol–water partition coefficient (Wildman–Crippen LogP) is 3.38. The van der Waals surface area contributed by atoms with Crippen LogP contribution in [0, 0.1) is 0 Å². The lowest BCUT2D eigenvalue weighted by molar-refractivity contribution is -0.149. The quantitative estimate of drug-likeness (QED) is 0.586. The first-order valence-corrected chi connectivity index (χ1v) is 9.26. The SMILES string of the molecule is COc1ccccc1OCC(=O)OCC(=O)Nc1nc(-c2ccccc2)cs1. The molecule has 0 aliphatic carbocycles. The second-order valence-electron chi connectivity index (χ2n) is 5.55. The number of hydrogen-bond acceptors (Lipinski definition) is 7. The molecule has 3 rings (SSSR count). The van der Waals surface area contributed by atoms with Crippen LogP contribution in [0.4, 0.5) is 5.13 Å². The molecule has 7 nitrogen and oxygen atoms in total. The molecule has 3 aromatic rings. The summed E-state index contributed by atoms with van der Waals surface area (Å²) in [6.45, 7) is -0.753. The first kappa shape index (κ1) is 19.4. The second-order valence-corrected chi connectivity index (χ2v) is 6.41. The van der Waals surface area contributed by atoms with E-state index in [1.54, 1.807) is 24.3 Å². The third-order valence-electron chi connectivity index (χ3n) is 3.60. The highest BCUT2D eigenvalue weighted by atomic mass is 32.1.